The molecule has 88 valence electrons. The minimum absolute atomic E-state index is 0.0839. The minimum atomic E-state index is -0.0839. The van der Waals surface area contributed by atoms with Crippen molar-refractivity contribution in [3.05, 3.63) is 64.7 Å². The smallest absolute Gasteiger partial charge is 0.256 e. The summed E-state index contributed by atoms with van der Waals surface area (Å²) in [6.07, 6.45) is 3.38. The van der Waals surface area contributed by atoms with Crippen LogP contribution in [-0.4, -0.2) is 9.97 Å². The van der Waals surface area contributed by atoms with Crippen LogP contribution in [0.1, 0.15) is 5.56 Å². The first kappa shape index (κ1) is 10.7. The lowest BCUT2D eigenvalue weighted by molar-refractivity contribution is 1.26. The number of aryl methyl sites for hydroxylation is 1. The van der Waals surface area contributed by atoms with E-state index < -0.39 is 0 Å². The highest BCUT2D eigenvalue weighted by atomic mass is 16.1. The number of pyridine rings is 2. The topological polar surface area (TPSA) is 45.8 Å². The molecule has 2 heterocycles. The van der Waals surface area contributed by atoms with Crippen LogP contribution in [0.25, 0.3) is 22.0 Å². The molecule has 0 aliphatic heterocycles. The maximum atomic E-state index is 12.0. The molecule has 0 fully saturated rings. The Morgan fingerprint density at radius 2 is 1.89 bits per heavy atom. The highest BCUT2D eigenvalue weighted by molar-refractivity contribution is 5.82. The van der Waals surface area contributed by atoms with E-state index in [9.17, 15) is 4.79 Å². The molecule has 0 amide bonds. The van der Waals surface area contributed by atoms with E-state index >= 15 is 0 Å². The van der Waals surface area contributed by atoms with Crippen molar-refractivity contribution in [3.63, 3.8) is 0 Å². The second-order valence-corrected chi connectivity index (χ2v) is 4.34. The fourth-order valence-corrected chi connectivity index (χ4v) is 1.99. The molecule has 0 saturated heterocycles. The Labute approximate surface area is 104 Å². The van der Waals surface area contributed by atoms with E-state index in [1.165, 1.54) is 5.56 Å². The number of hydrogen-bond donors (Lipinski definition) is 1. The van der Waals surface area contributed by atoms with Gasteiger partial charge in [0.2, 0.25) is 0 Å². The van der Waals surface area contributed by atoms with Crippen molar-refractivity contribution in [3.8, 4) is 11.1 Å². The van der Waals surface area contributed by atoms with Crippen LogP contribution in [0.5, 0.6) is 0 Å². The van der Waals surface area contributed by atoms with Crippen LogP contribution in [0.15, 0.2) is 53.6 Å². The summed E-state index contributed by atoms with van der Waals surface area (Å²) in [4.78, 5) is 18.9. The summed E-state index contributed by atoms with van der Waals surface area (Å²) < 4.78 is 0. The van der Waals surface area contributed by atoms with Crippen LogP contribution in [0.2, 0.25) is 0 Å². The molecule has 0 unspecified atom stereocenters. The molecule has 0 aliphatic carbocycles. The molecule has 18 heavy (non-hydrogen) atoms. The van der Waals surface area contributed by atoms with Crippen LogP contribution in [0.4, 0.5) is 0 Å². The molecule has 3 nitrogen and oxygen atoms in total. The number of hydrogen-bond acceptors (Lipinski definition) is 2. The summed E-state index contributed by atoms with van der Waals surface area (Å²) in [6.45, 7) is 2.03. The number of fused-ring (bicyclic) bond motifs is 1. The third kappa shape index (κ3) is 1.80. The quantitative estimate of drug-likeness (QED) is 0.706. The largest absolute Gasteiger partial charge is 0.320 e. The monoisotopic (exact) mass is 236 g/mol. The molecule has 0 spiro atoms. The third-order valence-corrected chi connectivity index (χ3v) is 3.01. The number of aromatic amines is 1. The second kappa shape index (κ2) is 4.11. The van der Waals surface area contributed by atoms with Gasteiger partial charge >= 0.3 is 0 Å². The fraction of sp³-hybridized carbons (Fsp3) is 0.0667. The maximum absolute atomic E-state index is 12.0. The predicted octanol–water partition coefficient (Wildman–Crippen LogP) is 2.90. The van der Waals surface area contributed by atoms with Gasteiger partial charge in [-0.3, -0.25) is 9.78 Å². The third-order valence-electron chi connectivity index (χ3n) is 3.01. The van der Waals surface area contributed by atoms with Crippen molar-refractivity contribution in [1.29, 1.82) is 0 Å². The first-order chi connectivity index (χ1) is 8.74. The van der Waals surface area contributed by atoms with Crippen molar-refractivity contribution >= 4 is 10.9 Å². The van der Waals surface area contributed by atoms with Gasteiger partial charge in [0.05, 0.1) is 11.7 Å². The number of aromatic nitrogens is 2. The van der Waals surface area contributed by atoms with Crippen LogP contribution in [-0.2, 0) is 0 Å². The predicted molar refractivity (Wildman–Crippen MR) is 72.5 cm³/mol. The van der Waals surface area contributed by atoms with Gasteiger partial charge in [-0.2, -0.15) is 0 Å². The van der Waals surface area contributed by atoms with Gasteiger partial charge in [0, 0.05) is 17.1 Å². The van der Waals surface area contributed by atoms with E-state index in [2.05, 4.69) is 9.97 Å². The van der Waals surface area contributed by atoms with E-state index in [-0.39, 0.29) is 5.56 Å². The fourth-order valence-electron chi connectivity index (χ4n) is 1.99. The lowest BCUT2D eigenvalue weighted by Gasteiger charge is -2.03. The summed E-state index contributed by atoms with van der Waals surface area (Å²) in [5.74, 6) is 0. The van der Waals surface area contributed by atoms with Crippen molar-refractivity contribution < 1.29 is 0 Å². The average Bonchev–Trinajstić information content (AvgIpc) is 2.39. The van der Waals surface area contributed by atoms with Gasteiger partial charge in [0.1, 0.15) is 0 Å². The molecule has 1 aromatic carbocycles. The molecule has 0 saturated carbocycles. The zero-order valence-electron chi connectivity index (χ0n) is 9.97. The summed E-state index contributed by atoms with van der Waals surface area (Å²) in [7, 11) is 0. The number of rotatable bonds is 1. The highest BCUT2D eigenvalue weighted by Gasteiger charge is 2.05. The minimum Gasteiger partial charge on any atom is -0.320 e. The first-order valence-electron chi connectivity index (χ1n) is 5.78. The van der Waals surface area contributed by atoms with Gasteiger partial charge < -0.3 is 4.98 Å². The van der Waals surface area contributed by atoms with Crippen molar-refractivity contribution in [1.82, 2.24) is 9.97 Å². The average molecular weight is 236 g/mol. The molecule has 0 atom stereocenters. The lowest BCUT2D eigenvalue weighted by atomic mass is 10.0. The van der Waals surface area contributed by atoms with Gasteiger partial charge in [-0.1, -0.05) is 29.8 Å². The van der Waals surface area contributed by atoms with E-state index in [0.29, 0.717) is 5.56 Å². The molecular weight excluding hydrogens is 224 g/mol. The van der Waals surface area contributed by atoms with Gasteiger partial charge in [-0.25, -0.2) is 0 Å². The molecular formula is C15H12N2O. The van der Waals surface area contributed by atoms with Gasteiger partial charge in [-0.15, -0.1) is 0 Å². The van der Waals surface area contributed by atoms with Crippen molar-refractivity contribution in [2.24, 2.45) is 0 Å². The van der Waals surface area contributed by atoms with Crippen LogP contribution in [0.3, 0.4) is 0 Å². The lowest BCUT2D eigenvalue weighted by Crippen LogP contribution is -2.08. The van der Waals surface area contributed by atoms with Crippen molar-refractivity contribution in [2.45, 2.75) is 6.92 Å². The summed E-state index contributed by atoms with van der Waals surface area (Å²) in [6, 6.07) is 11.7. The standard InChI is InChI=1S/C15H12N2O/c1-10-2-4-11(5-3-10)13-8-12-6-7-16-9-14(12)17-15(13)18/h2-9H,1H3,(H,17,18). The SMILES string of the molecule is Cc1ccc(-c2cc3ccncc3[nH]c2=O)cc1. The Bertz CT molecular complexity index is 757. The van der Waals surface area contributed by atoms with E-state index in [1.54, 1.807) is 12.4 Å². The summed E-state index contributed by atoms with van der Waals surface area (Å²) in [5, 5.41) is 0.986. The Morgan fingerprint density at radius 1 is 1.11 bits per heavy atom. The zero-order chi connectivity index (χ0) is 12.5. The Kier molecular flexibility index (Phi) is 2.45. The molecule has 0 radical (unpaired) electrons. The van der Waals surface area contributed by atoms with Crippen LogP contribution >= 0.6 is 0 Å². The molecule has 3 heteroatoms. The number of nitrogens with zero attached hydrogens (tertiary/aromatic N) is 1. The van der Waals surface area contributed by atoms with E-state index in [4.69, 9.17) is 0 Å². The second-order valence-electron chi connectivity index (χ2n) is 4.34. The van der Waals surface area contributed by atoms with Crippen LogP contribution < -0.4 is 5.56 Å². The summed E-state index contributed by atoms with van der Waals surface area (Å²) in [5.41, 5.74) is 3.48. The number of benzene rings is 1. The summed E-state index contributed by atoms with van der Waals surface area (Å²) >= 11 is 0. The molecule has 3 rings (SSSR count). The normalized spacial score (nSPS) is 10.7. The molecule has 3 aromatic rings. The van der Waals surface area contributed by atoms with Crippen molar-refractivity contribution in [2.75, 3.05) is 0 Å². The first-order valence-corrected chi connectivity index (χ1v) is 5.78. The molecule has 0 aliphatic rings. The molecule has 1 N–H and O–H groups in total. The number of nitrogens with one attached hydrogen (secondary N) is 1. The Balaban J connectivity index is 2.26. The Hall–Kier alpha value is -2.42. The van der Waals surface area contributed by atoms with E-state index in [0.717, 1.165) is 16.5 Å². The maximum Gasteiger partial charge on any atom is 0.256 e. The number of H-pyrrole nitrogens is 1. The van der Waals surface area contributed by atoms with E-state index in [1.807, 2.05) is 43.3 Å². The van der Waals surface area contributed by atoms with Gasteiger partial charge in [0.25, 0.3) is 5.56 Å². The molecule has 2 aromatic heterocycles. The van der Waals surface area contributed by atoms with Crippen LogP contribution in [0, 0.1) is 6.92 Å². The van der Waals surface area contributed by atoms with Gasteiger partial charge in [0.15, 0.2) is 0 Å². The zero-order valence-corrected chi connectivity index (χ0v) is 9.97. The Morgan fingerprint density at radius 3 is 2.67 bits per heavy atom. The van der Waals surface area contributed by atoms with Gasteiger partial charge in [-0.05, 0) is 24.6 Å². The highest BCUT2D eigenvalue weighted by Crippen LogP contribution is 2.19. The molecule has 0 bridgehead atoms.